The predicted molar refractivity (Wildman–Crippen MR) is 160 cm³/mol. The van der Waals surface area contributed by atoms with Gasteiger partial charge in [-0.1, -0.05) is 19.9 Å². The van der Waals surface area contributed by atoms with Crippen LogP contribution in [-0.4, -0.2) is 54.1 Å². The summed E-state index contributed by atoms with van der Waals surface area (Å²) in [6.45, 7) is 15.5. The van der Waals surface area contributed by atoms with Crippen molar-refractivity contribution in [3.05, 3.63) is 70.8 Å². The molecule has 3 aromatic heterocycles. The van der Waals surface area contributed by atoms with Gasteiger partial charge in [0.25, 0.3) is 5.91 Å². The van der Waals surface area contributed by atoms with Crippen LogP contribution in [0.1, 0.15) is 54.1 Å². The number of benzene rings is 1. The molecule has 1 N–H and O–H groups in total. The Morgan fingerprint density at radius 2 is 1.88 bits per heavy atom. The summed E-state index contributed by atoms with van der Waals surface area (Å²) in [6, 6.07) is 9.99. The highest BCUT2D eigenvalue weighted by molar-refractivity contribution is 5.96. The number of halogens is 1. The van der Waals surface area contributed by atoms with Gasteiger partial charge in [0.2, 0.25) is 5.69 Å². The lowest BCUT2D eigenvalue weighted by molar-refractivity contribution is 0.0827. The monoisotopic (exact) mass is 559 g/mol. The molecule has 0 bridgehead atoms. The zero-order chi connectivity index (χ0) is 27.7. The van der Waals surface area contributed by atoms with Gasteiger partial charge >= 0.3 is 0 Å². The van der Waals surface area contributed by atoms with E-state index < -0.39 is 0 Å². The van der Waals surface area contributed by atoms with Crippen LogP contribution in [0.2, 0.25) is 0 Å². The van der Waals surface area contributed by atoms with Gasteiger partial charge in [-0.2, -0.15) is 0 Å². The fraction of sp³-hybridized carbons (Fsp3) is 0.355. The Kier molecular flexibility index (Phi) is 8.77. The number of pyridine rings is 2. The Bertz CT molecular complexity index is 1580. The number of aryl methyl sites for hydroxylation is 1. The van der Waals surface area contributed by atoms with Gasteiger partial charge in [0.15, 0.2) is 11.3 Å². The van der Waals surface area contributed by atoms with Crippen molar-refractivity contribution < 1.29 is 13.9 Å². The van der Waals surface area contributed by atoms with Crippen LogP contribution in [0.5, 0.6) is 0 Å². The number of amides is 1. The van der Waals surface area contributed by atoms with Gasteiger partial charge in [0.1, 0.15) is 11.2 Å². The molecule has 5 rings (SSSR count). The highest BCUT2D eigenvalue weighted by Gasteiger charge is 2.22. The molecule has 0 spiro atoms. The molecule has 1 aliphatic heterocycles. The number of hydrogen-bond acceptors (Lipinski definition) is 6. The summed E-state index contributed by atoms with van der Waals surface area (Å²) in [7, 11) is 3.44. The summed E-state index contributed by atoms with van der Waals surface area (Å²) >= 11 is 0. The van der Waals surface area contributed by atoms with E-state index in [1.807, 2.05) is 43.5 Å². The van der Waals surface area contributed by atoms with Crippen LogP contribution in [-0.2, 0) is 4.74 Å². The molecule has 0 unspecified atom stereocenters. The number of hydrogen-bond donors (Lipinski definition) is 1. The molecule has 1 amide bonds. The van der Waals surface area contributed by atoms with E-state index in [1.54, 1.807) is 20.3 Å². The summed E-state index contributed by atoms with van der Waals surface area (Å²) in [4.78, 5) is 27.1. The van der Waals surface area contributed by atoms with Crippen molar-refractivity contribution in [1.82, 2.24) is 14.9 Å². The molecular formula is C31H34ClN5O3. The Morgan fingerprint density at radius 1 is 1.12 bits per heavy atom. The lowest BCUT2D eigenvalue weighted by Gasteiger charge is -2.25. The molecule has 0 radical (unpaired) electrons. The van der Waals surface area contributed by atoms with Crippen molar-refractivity contribution in [1.29, 1.82) is 0 Å². The zero-order valence-electron chi connectivity index (χ0n) is 23.4. The van der Waals surface area contributed by atoms with Crippen molar-refractivity contribution in [3.63, 3.8) is 0 Å². The minimum absolute atomic E-state index is 0. The first kappa shape index (κ1) is 29.1. The number of nitrogens with zero attached hydrogens (tertiary/aromatic N) is 4. The minimum Gasteiger partial charge on any atom is -0.452 e. The van der Waals surface area contributed by atoms with Crippen molar-refractivity contribution in [2.45, 2.75) is 45.6 Å². The molecule has 9 heteroatoms. The summed E-state index contributed by atoms with van der Waals surface area (Å²) in [6.07, 6.45) is 5.33. The SMILES string of the molecule is Cl.[C-]#[N+]c1cc(-c2c(C(C)C)cnc3cc(-c4ncc(C(=O)N(C)C)cc4C)oc23)ccc1NC1CCOCC1. The highest BCUT2D eigenvalue weighted by atomic mass is 35.5. The summed E-state index contributed by atoms with van der Waals surface area (Å²) < 4.78 is 11.9. The van der Waals surface area contributed by atoms with Gasteiger partial charge in [-0.25, -0.2) is 4.85 Å². The van der Waals surface area contributed by atoms with Crippen molar-refractivity contribution in [3.8, 4) is 22.6 Å². The van der Waals surface area contributed by atoms with E-state index >= 15 is 0 Å². The number of nitrogens with one attached hydrogen (secondary N) is 1. The topological polar surface area (TPSA) is 84.9 Å². The lowest BCUT2D eigenvalue weighted by Crippen LogP contribution is -2.27. The smallest absolute Gasteiger partial charge is 0.254 e. The maximum Gasteiger partial charge on any atom is 0.254 e. The summed E-state index contributed by atoms with van der Waals surface area (Å²) in [5.41, 5.74) is 7.70. The van der Waals surface area contributed by atoms with E-state index in [0.29, 0.717) is 39.8 Å². The van der Waals surface area contributed by atoms with E-state index in [2.05, 4.69) is 29.0 Å². The van der Waals surface area contributed by atoms with Crippen LogP contribution in [0.3, 0.4) is 0 Å². The van der Waals surface area contributed by atoms with E-state index in [1.165, 1.54) is 4.90 Å². The number of carbonyl (C=O) groups is 1. The van der Waals surface area contributed by atoms with E-state index in [9.17, 15) is 4.79 Å². The quantitative estimate of drug-likeness (QED) is 0.250. The Hall–Kier alpha value is -3.93. The zero-order valence-corrected chi connectivity index (χ0v) is 24.3. The molecule has 0 aliphatic carbocycles. The van der Waals surface area contributed by atoms with Crippen LogP contribution in [0.15, 0.2) is 47.1 Å². The average molecular weight is 560 g/mol. The van der Waals surface area contributed by atoms with Gasteiger partial charge in [-0.3, -0.25) is 14.8 Å². The molecule has 1 fully saturated rings. The second-order valence-corrected chi connectivity index (χ2v) is 10.5. The van der Waals surface area contributed by atoms with Crippen LogP contribution >= 0.6 is 12.4 Å². The third-order valence-corrected chi connectivity index (χ3v) is 7.15. The van der Waals surface area contributed by atoms with Crippen LogP contribution in [0, 0.1) is 13.5 Å². The normalized spacial score (nSPS) is 13.6. The van der Waals surface area contributed by atoms with Gasteiger partial charge in [-0.15, -0.1) is 12.4 Å². The number of ether oxygens (including phenoxy) is 1. The van der Waals surface area contributed by atoms with Gasteiger partial charge in [-0.05, 0) is 60.6 Å². The summed E-state index contributed by atoms with van der Waals surface area (Å²) in [5.74, 6) is 0.680. The Balaban J connectivity index is 0.00000370. The molecule has 0 saturated carbocycles. The van der Waals surface area contributed by atoms with E-state index in [0.717, 1.165) is 54.0 Å². The molecule has 1 saturated heterocycles. The van der Waals surface area contributed by atoms with Gasteiger partial charge in [0.05, 0.1) is 12.1 Å². The van der Waals surface area contributed by atoms with Crippen molar-refractivity contribution >= 4 is 40.8 Å². The highest BCUT2D eigenvalue weighted by Crippen LogP contribution is 2.41. The van der Waals surface area contributed by atoms with E-state index in [4.69, 9.17) is 20.7 Å². The molecule has 8 nitrogen and oxygen atoms in total. The second kappa shape index (κ2) is 12.1. The fourth-order valence-electron chi connectivity index (χ4n) is 5.01. The first-order valence-corrected chi connectivity index (χ1v) is 13.2. The standard InChI is InChI=1S/C31H33N5O3.ClH/c1-18(2)23-17-33-26-15-27(29-19(3)13-21(16-34-29)31(37)36(5)6)39-30(26)28(23)20-7-8-24(25(14-20)32-4)35-22-9-11-38-12-10-22;/h7-8,13-18,22,35H,9-12H2,1-3,5-6H3;1H. The maximum absolute atomic E-state index is 12.4. The van der Waals surface area contributed by atoms with Crippen molar-refractivity contribution in [2.24, 2.45) is 0 Å². The van der Waals surface area contributed by atoms with Gasteiger partial charge < -0.3 is 19.4 Å². The van der Waals surface area contributed by atoms with E-state index in [-0.39, 0.29) is 24.2 Å². The molecule has 4 aromatic rings. The number of anilines is 1. The fourth-order valence-corrected chi connectivity index (χ4v) is 5.01. The average Bonchev–Trinajstić information content (AvgIpc) is 3.36. The predicted octanol–water partition coefficient (Wildman–Crippen LogP) is 7.25. The number of carbonyl (C=O) groups excluding carboxylic acids is 1. The first-order valence-electron chi connectivity index (χ1n) is 13.2. The number of furan rings is 1. The van der Waals surface area contributed by atoms with Crippen LogP contribution in [0.4, 0.5) is 11.4 Å². The maximum atomic E-state index is 12.4. The number of fused-ring (bicyclic) bond motifs is 1. The molecule has 4 heterocycles. The molecule has 0 atom stereocenters. The third-order valence-electron chi connectivity index (χ3n) is 7.15. The molecule has 1 aromatic carbocycles. The van der Waals surface area contributed by atoms with Crippen LogP contribution in [0.25, 0.3) is 38.5 Å². The third kappa shape index (κ3) is 5.67. The molecule has 40 heavy (non-hydrogen) atoms. The molecular weight excluding hydrogens is 526 g/mol. The summed E-state index contributed by atoms with van der Waals surface area (Å²) in [5, 5.41) is 3.54. The first-order chi connectivity index (χ1) is 18.8. The number of aromatic nitrogens is 2. The Morgan fingerprint density at radius 3 is 2.52 bits per heavy atom. The molecule has 208 valence electrons. The van der Waals surface area contributed by atoms with Crippen LogP contribution < -0.4 is 5.32 Å². The number of rotatable bonds is 6. The van der Waals surface area contributed by atoms with Gasteiger partial charge in [0, 0.05) is 63.1 Å². The van der Waals surface area contributed by atoms with Crippen molar-refractivity contribution in [2.75, 3.05) is 32.6 Å². The molecule has 1 aliphatic rings. The Labute approximate surface area is 241 Å². The lowest BCUT2D eigenvalue weighted by atomic mass is 9.93. The minimum atomic E-state index is -0.0994. The largest absolute Gasteiger partial charge is 0.452 e. The second-order valence-electron chi connectivity index (χ2n) is 10.5.